The van der Waals surface area contributed by atoms with Crippen LogP contribution in [0.4, 0.5) is 17.1 Å². The molecule has 0 atom stereocenters. The van der Waals surface area contributed by atoms with Crippen LogP contribution >= 0.6 is 11.3 Å². The van der Waals surface area contributed by atoms with Gasteiger partial charge in [0.1, 0.15) is 11.2 Å². The smallest absolute Gasteiger partial charge is 0.136 e. The number of furan rings is 1. The Kier molecular flexibility index (Phi) is 7.35. The molecular weight excluding hydrogens is 723 g/mol. The number of hydrogen-bond donors (Lipinski definition) is 0. The molecule has 0 bridgehead atoms. The van der Waals surface area contributed by atoms with E-state index in [1.165, 1.54) is 64.7 Å². The first-order valence-electron chi connectivity index (χ1n) is 19.8. The van der Waals surface area contributed by atoms with Crippen molar-refractivity contribution in [3.8, 4) is 21.6 Å². The lowest BCUT2D eigenvalue weighted by Crippen LogP contribution is -2.28. The first-order chi connectivity index (χ1) is 28.8. The molecule has 0 amide bonds. The van der Waals surface area contributed by atoms with Crippen molar-refractivity contribution in [2.75, 3.05) is 4.90 Å². The number of thiophene rings is 1. The van der Waals surface area contributed by atoms with Crippen LogP contribution in [-0.4, -0.2) is 0 Å². The van der Waals surface area contributed by atoms with E-state index in [1.54, 1.807) is 0 Å². The molecular formula is C55H35NOS. The van der Waals surface area contributed by atoms with Crippen molar-refractivity contribution in [1.29, 1.82) is 0 Å². The monoisotopic (exact) mass is 757 g/mol. The first kappa shape index (κ1) is 33.0. The first-order valence-corrected chi connectivity index (χ1v) is 20.7. The van der Waals surface area contributed by atoms with Crippen molar-refractivity contribution in [3.05, 3.63) is 235 Å². The SMILES string of the molecule is c1ccc(N(c2ccccc2)c2ccc3oc4cc(-c5cccc6c5-c5sc7ccccc7c5C6(c5ccccc5)c5ccccc5)c5ccccc5c4c3c2)cc1. The van der Waals surface area contributed by atoms with Crippen LogP contribution in [0.5, 0.6) is 0 Å². The molecule has 2 nitrogen and oxygen atoms in total. The summed E-state index contributed by atoms with van der Waals surface area (Å²) < 4.78 is 8.17. The lowest BCUT2D eigenvalue weighted by atomic mass is 9.67. The summed E-state index contributed by atoms with van der Waals surface area (Å²) in [6.07, 6.45) is 0. The summed E-state index contributed by atoms with van der Waals surface area (Å²) in [7, 11) is 0. The second kappa shape index (κ2) is 12.9. The number of benzene rings is 9. The fourth-order valence-electron chi connectivity index (χ4n) is 9.80. The molecule has 1 aliphatic rings. The van der Waals surface area contributed by atoms with Gasteiger partial charge in [0.25, 0.3) is 0 Å². The average molecular weight is 758 g/mol. The highest BCUT2D eigenvalue weighted by atomic mass is 32.1. The minimum atomic E-state index is -0.498. The number of para-hydroxylation sites is 2. The highest BCUT2D eigenvalue weighted by Crippen LogP contribution is 2.63. The van der Waals surface area contributed by atoms with Crippen LogP contribution in [0.3, 0.4) is 0 Å². The summed E-state index contributed by atoms with van der Waals surface area (Å²) in [6.45, 7) is 0. The van der Waals surface area contributed by atoms with Crippen LogP contribution < -0.4 is 4.90 Å². The van der Waals surface area contributed by atoms with E-state index in [1.807, 2.05) is 11.3 Å². The van der Waals surface area contributed by atoms with Crippen molar-refractivity contribution in [2.45, 2.75) is 5.41 Å². The van der Waals surface area contributed by atoms with Crippen LogP contribution in [0.25, 0.3) is 64.4 Å². The molecule has 11 aromatic rings. The third-order valence-electron chi connectivity index (χ3n) is 12.1. The summed E-state index contributed by atoms with van der Waals surface area (Å²) in [4.78, 5) is 3.65. The van der Waals surface area contributed by atoms with Gasteiger partial charge in [0.05, 0.1) is 5.41 Å². The van der Waals surface area contributed by atoms with Gasteiger partial charge in [-0.15, -0.1) is 11.3 Å². The van der Waals surface area contributed by atoms with Gasteiger partial charge >= 0.3 is 0 Å². The standard InChI is InChI=1S/C55H35NOS/c1-5-18-36(19-6-1)55(37-20-7-2-8-21-37)47-30-17-29-43(52(47)54-53(55)44-28-15-16-31-50(44)58-54)45-35-49-51(42-27-14-13-26-41(42)45)46-34-40(32-33-48(46)57-49)56(38-22-9-3-10-23-38)39-24-11-4-12-25-39/h1-35H. The molecule has 9 aromatic carbocycles. The van der Waals surface area contributed by atoms with E-state index in [0.717, 1.165) is 39.0 Å². The average Bonchev–Trinajstić information content (AvgIpc) is 3.95. The molecule has 272 valence electrons. The zero-order chi connectivity index (χ0) is 38.2. The van der Waals surface area contributed by atoms with Crippen LogP contribution in [0, 0.1) is 0 Å². The molecule has 0 aliphatic heterocycles. The second-order valence-electron chi connectivity index (χ2n) is 15.1. The molecule has 2 heterocycles. The van der Waals surface area contributed by atoms with E-state index in [2.05, 4.69) is 217 Å². The molecule has 12 rings (SSSR count). The van der Waals surface area contributed by atoms with Gasteiger partial charge in [-0.25, -0.2) is 0 Å². The minimum Gasteiger partial charge on any atom is -0.456 e. The molecule has 3 heteroatoms. The number of hydrogen-bond acceptors (Lipinski definition) is 3. The summed E-state index contributed by atoms with van der Waals surface area (Å²) in [5.41, 5.74) is 13.5. The minimum absolute atomic E-state index is 0.498. The second-order valence-corrected chi connectivity index (χ2v) is 16.2. The van der Waals surface area contributed by atoms with E-state index >= 15 is 0 Å². The lowest BCUT2D eigenvalue weighted by molar-refractivity contribution is 0.669. The van der Waals surface area contributed by atoms with Gasteiger partial charge in [0, 0.05) is 43.0 Å². The van der Waals surface area contributed by atoms with Gasteiger partial charge in [-0.1, -0.05) is 158 Å². The Morgan fingerprint density at radius 3 is 1.67 bits per heavy atom. The van der Waals surface area contributed by atoms with Crippen LogP contribution in [0.1, 0.15) is 22.3 Å². The Balaban J connectivity index is 1.14. The van der Waals surface area contributed by atoms with Gasteiger partial charge in [0.2, 0.25) is 0 Å². The number of anilines is 3. The highest BCUT2D eigenvalue weighted by Gasteiger charge is 2.49. The van der Waals surface area contributed by atoms with Gasteiger partial charge in [-0.3, -0.25) is 0 Å². The van der Waals surface area contributed by atoms with Gasteiger partial charge < -0.3 is 9.32 Å². The molecule has 0 unspecified atom stereocenters. The molecule has 1 aliphatic carbocycles. The summed E-state index contributed by atoms with van der Waals surface area (Å²) in [5.74, 6) is 0. The van der Waals surface area contributed by atoms with E-state index in [4.69, 9.17) is 4.42 Å². The Bertz CT molecular complexity index is 3250. The number of nitrogens with zero attached hydrogens (tertiary/aromatic N) is 1. The third-order valence-corrected chi connectivity index (χ3v) is 13.3. The Labute approximate surface area is 340 Å². The van der Waals surface area contributed by atoms with Crippen LogP contribution in [-0.2, 0) is 5.41 Å². The Morgan fingerprint density at radius 2 is 1.00 bits per heavy atom. The molecule has 0 saturated heterocycles. The van der Waals surface area contributed by atoms with E-state index in [0.29, 0.717) is 0 Å². The molecule has 0 fully saturated rings. The van der Waals surface area contributed by atoms with Crippen molar-refractivity contribution in [3.63, 3.8) is 0 Å². The molecule has 0 radical (unpaired) electrons. The molecule has 2 aromatic heterocycles. The Morgan fingerprint density at radius 1 is 0.414 bits per heavy atom. The van der Waals surface area contributed by atoms with E-state index in [-0.39, 0.29) is 0 Å². The van der Waals surface area contributed by atoms with Gasteiger partial charge in [-0.2, -0.15) is 0 Å². The normalized spacial score (nSPS) is 13.0. The van der Waals surface area contributed by atoms with E-state index in [9.17, 15) is 0 Å². The number of rotatable bonds is 6. The maximum atomic E-state index is 6.87. The fourth-order valence-corrected chi connectivity index (χ4v) is 11.1. The van der Waals surface area contributed by atoms with Crippen molar-refractivity contribution in [2.24, 2.45) is 0 Å². The highest BCUT2D eigenvalue weighted by molar-refractivity contribution is 7.22. The van der Waals surface area contributed by atoms with E-state index < -0.39 is 5.41 Å². The summed E-state index contributed by atoms with van der Waals surface area (Å²) in [6, 6.07) is 77.1. The largest absolute Gasteiger partial charge is 0.456 e. The molecule has 0 saturated carbocycles. The third kappa shape index (κ3) is 4.71. The number of fused-ring (bicyclic) bond motifs is 10. The van der Waals surface area contributed by atoms with Crippen LogP contribution in [0.2, 0.25) is 0 Å². The van der Waals surface area contributed by atoms with Crippen molar-refractivity contribution >= 4 is 71.2 Å². The zero-order valence-electron chi connectivity index (χ0n) is 31.5. The lowest BCUT2D eigenvalue weighted by Gasteiger charge is -2.34. The topological polar surface area (TPSA) is 16.4 Å². The maximum Gasteiger partial charge on any atom is 0.136 e. The molecule has 58 heavy (non-hydrogen) atoms. The predicted octanol–water partition coefficient (Wildman–Crippen LogP) is 15.5. The van der Waals surface area contributed by atoms with Gasteiger partial charge in [0.15, 0.2) is 0 Å². The van der Waals surface area contributed by atoms with Crippen LogP contribution in [0.15, 0.2) is 217 Å². The quantitative estimate of drug-likeness (QED) is 0.168. The Hall–Kier alpha value is -7.20. The summed E-state index contributed by atoms with van der Waals surface area (Å²) in [5, 5.41) is 5.94. The summed E-state index contributed by atoms with van der Waals surface area (Å²) >= 11 is 1.91. The molecule has 0 N–H and O–H groups in total. The van der Waals surface area contributed by atoms with Gasteiger partial charge in [-0.05, 0) is 104 Å². The predicted molar refractivity (Wildman–Crippen MR) is 244 cm³/mol. The fraction of sp³-hybridized carbons (Fsp3) is 0.0182. The van der Waals surface area contributed by atoms with Crippen molar-refractivity contribution in [1.82, 2.24) is 0 Å². The zero-order valence-corrected chi connectivity index (χ0v) is 32.3. The maximum absolute atomic E-state index is 6.87. The molecule has 0 spiro atoms. The van der Waals surface area contributed by atoms with Crippen molar-refractivity contribution < 1.29 is 4.42 Å².